The van der Waals surface area contributed by atoms with Gasteiger partial charge in [0.15, 0.2) is 0 Å². The molecule has 0 saturated carbocycles. The lowest BCUT2D eigenvalue weighted by Gasteiger charge is -1.86. The molecule has 15 heavy (non-hydrogen) atoms. The fourth-order valence-corrected chi connectivity index (χ4v) is 0.397. The van der Waals surface area contributed by atoms with Crippen LogP contribution < -0.4 is 0 Å². The maximum atomic E-state index is 7.62. The van der Waals surface area contributed by atoms with Crippen LogP contribution >= 0.6 is 0 Å². The maximum absolute atomic E-state index is 7.62. The van der Waals surface area contributed by atoms with Crippen molar-refractivity contribution in [3.05, 3.63) is 12.3 Å². The summed E-state index contributed by atoms with van der Waals surface area (Å²) in [6.45, 7) is 10.1. The molecule has 0 aliphatic heterocycles. The minimum Gasteiger partial charge on any atom is -0.502 e. The molecule has 0 aromatic rings. The van der Waals surface area contributed by atoms with Crippen LogP contribution in [0.1, 0.15) is 27.7 Å². The van der Waals surface area contributed by atoms with E-state index in [1.165, 1.54) is 0 Å². The molecule has 0 aliphatic rings. The number of hydrogen-bond acceptors (Lipinski definition) is 4. The summed E-state index contributed by atoms with van der Waals surface area (Å²) in [6, 6.07) is 0. The second-order valence-electron chi connectivity index (χ2n) is 2.15. The van der Waals surface area contributed by atoms with Crippen LogP contribution in [0.5, 0.6) is 0 Å². The van der Waals surface area contributed by atoms with Gasteiger partial charge in [0.25, 0.3) is 0 Å². The summed E-state index contributed by atoms with van der Waals surface area (Å²) in [5.74, 6) is 0. The fourth-order valence-electron chi connectivity index (χ4n) is 0.397. The molecule has 4 nitrogen and oxygen atoms in total. The van der Waals surface area contributed by atoms with E-state index >= 15 is 0 Å². The zero-order chi connectivity index (χ0) is 12.4. The lowest BCUT2D eigenvalue weighted by Crippen LogP contribution is -1.85. The Morgan fingerprint density at radius 2 is 1.40 bits per heavy atom. The summed E-state index contributed by atoms with van der Waals surface area (Å²) in [6.07, 6.45) is 3.55. The third-order valence-corrected chi connectivity index (χ3v) is 0.907. The molecule has 0 atom stereocenters. The Bertz CT molecular complexity index is 90.6. The highest BCUT2D eigenvalue weighted by Crippen LogP contribution is 1.71. The van der Waals surface area contributed by atoms with Crippen molar-refractivity contribution in [3.8, 4) is 0 Å². The molecule has 0 spiro atoms. The van der Waals surface area contributed by atoms with Gasteiger partial charge in [0.1, 0.15) is 0 Å². The molecule has 0 bridgehead atoms. The molecular formula is C11H26O4. The van der Waals surface area contributed by atoms with Crippen molar-refractivity contribution in [2.45, 2.75) is 27.7 Å². The number of aliphatic hydroxyl groups excluding tert-OH is 2. The maximum Gasteiger partial charge on any atom is 0.0845 e. The zero-order valence-electron chi connectivity index (χ0n) is 10.4. The molecule has 0 radical (unpaired) electrons. The van der Waals surface area contributed by atoms with Gasteiger partial charge in [0, 0.05) is 13.2 Å². The molecule has 0 aliphatic carbocycles. The van der Waals surface area contributed by atoms with Crippen molar-refractivity contribution in [1.82, 2.24) is 0 Å². The molecule has 0 aromatic carbocycles. The van der Waals surface area contributed by atoms with Crippen LogP contribution in [-0.2, 0) is 9.47 Å². The van der Waals surface area contributed by atoms with Gasteiger partial charge in [-0.2, -0.15) is 0 Å². The summed E-state index contributed by atoms with van der Waals surface area (Å²) in [5.41, 5.74) is 0. The van der Waals surface area contributed by atoms with E-state index in [1.54, 1.807) is 6.26 Å². The van der Waals surface area contributed by atoms with Crippen LogP contribution in [0.25, 0.3) is 0 Å². The minimum atomic E-state index is -0.125. The Balaban J connectivity index is -0.000000147. The van der Waals surface area contributed by atoms with Gasteiger partial charge in [-0.3, -0.25) is 0 Å². The Kier molecular flexibility index (Phi) is 38.8. The second kappa shape index (κ2) is 29.2. The first-order valence-corrected chi connectivity index (χ1v) is 5.27. The number of hydrogen-bond donors (Lipinski definition) is 2. The van der Waals surface area contributed by atoms with Crippen molar-refractivity contribution in [2.75, 3.05) is 33.0 Å². The van der Waals surface area contributed by atoms with Gasteiger partial charge < -0.3 is 19.7 Å². The van der Waals surface area contributed by atoms with Gasteiger partial charge in [-0.15, -0.1) is 0 Å². The largest absolute Gasteiger partial charge is 0.502 e. The SMILES string of the molecule is C/C=C/OCC.CCOCC.OCCO. The second-order valence-corrected chi connectivity index (χ2v) is 2.15. The van der Waals surface area contributed by atoms with Gasteiger partial charge in [-0.1, -0.05) is 6.08 Å². The molecule has 4 heteroatoms. The van der Waals surface area contributed by atoms with Crippen LogP contribution in [0, 0.1) is 0 Å². The molecular weight excluding hydrogens is 196 g/mol. The Hall–Kier alpha value is -0.580. The average Bonchev–Trinajstić information content (AvgIpc) is 2.28. The Labute approximate surface area is 93.5 Å². The summed E-state index contributed by atoms with van der Waals surface area (Å²) < 4.78 is 9.64. The highest BCUT2D eigenvalue weighted by Gasteiger charge is 1.64. The topological polar surface area (TPSA) is 58.9 Å². The van der Waals surface area contributed by atoms with Crippen LogP contribution in [0.15, 0.2) is 12.3 Å². The Morgan fingerprint density at radius 3 is 1.47 bits per heavy atom. The third-order valence-electron chi connectivity index (χ3n) is 0.907. The molecule has 94 valence electrons. The molecule has 0 aromatic heterocycles. The summed E-state index contributed by atoms with van der Waals surface area (Å²) in [4.78, 5) is 0. The third kappa shape index (κ3) is 59.6. The molecule has 2 N–H and O–H groups in total. The summed E-state index contributed by atoms with van der Waals surface area (Å²) in [7, 11) is 0. The van der Waals surface area contributed by atoms with Gasteiger partial charge in [-0.05, 0) is 27.7 Å². The number of aliphatic hydroxyl groups is 2. The first-order valence-electron chi connectivity index (χ1n) is 5.27. The van der Waals surface area contributed by atoms with Crippen molar-refractivity contribution < 1.29 is 19.7 Å². The van der Waals surface area contributed by atoms with Crippen LogP contribution in [0.2, 0.25) is 0 Å². The molecule has 0 saturated heterocycles. The normalized spacial score (nSPS) is 8.67. The van der Waals surface area contributed by atoms with Gasteiger partial charge in [0.05, 0.1) is 26.1 Å². The van der Waals surface area contributed by atoms with E-state index in [0.29, 0.717) is 0 Å². The zero-order valence-corrected chi connectivity index (χ0v) is 10.4. The molecule has 0 amide bonds. The lowest BCUT2D eigenvalue weighted by atomic mass is 10.7. The number of rotatable bonds is 5. The minimum absolute atomic E-state index is 0.125. The molecule has 0 fully saturated rings. The van der Waals surface area contributed by atoms with Crippen molar-refractivity contribution >= 4 is 0 Å². The van der Waals surface area contributed by atoms with E-state index in [-0.39, 0.29) is 13.2 Å². The average molecular weight is 222 g/mol. The van der Waals surface area contributed by atoms with Crippen LogP contribution in [0.4, 0.5) is 0 Å². The standard InChI is InChI=1S/C5H10O.C4H10O.C2H6O2/c1-3-5-6-4-2;1-3-5-4-2;3-1-2-4/h3,5H,4H2,1-2H3;3-4H2,1-2H3;3-4H,1-2H2/b5-3+;;. The van der Waals surface area contributed by atoms with Gasteiger partial charge in [-0.25, -0.2) is 0 Å². The molecule has 0 rings (SSSR count). The van der Waals surface area contributed by atoms with E-state index in [2.05, 4.69) is 0 Å². The number of ether oxygens (including phenoxy) is 2. The highest BCUT2D eigenvalue weighted by atomic mass is 16.5. The van der Waals surface area contributed by atoms with Gasteiger partial charge >= 0.3 is 0 Å². The molecule has 0 unspecified atom stereocenters. The molecule has 0 heterocycles. The fraction of sp³-hybridized carbons (Fsp3) is 0.818. The summed E-state index contributed by atoms with van der Waals surface area (Å²) in [5, 5.41) is 15.2. The van der Waals surface area contributed by atoms with Crippen molar-refractivity contribution in [2.24, 2.45) is 0 Å². The highest BCUT2D eigenvalue weighted by molar-refractivity contribution is 4.63. The van der Waals surface area contributed by atoms with Gasteiger partial charge in [0.2, 0.25) is 0 Å². The van der Waals surface area contributed by atoms with E-state index in [0.717, 1.165) is 19.8 Å². The van der Waals surface area contributed by atoms with Crippen molar-refractivity contribution in [1.29, 1.82) is 0 Å². The predicted octanol–water partition coefficient (Wildman–Crippen LogP) is 1.57. The lowest BCUT2D eigenvalue weighted by molar-refractivity contribution is 0.162. The summed E-state index contributed by atoms with van der Waals surface area (Å²) >= 11 is 0. The quantitative estimate of drug-likeness (QED) is 0.693. The van der Waals surface area contributed by atoms with Crippen molar-refractivity contribution in [3.63, 3.8) is 0 Å². The Morgan fingerprint density at radius 1 is 0.933 bits per heavy atom. The van der Waals surface area contributed by atoms with E-state index in [9.17, 15) is 0 Å². The first kappa shape index (κ1) is 19.9. The first-order chi connectivity index (χ1) is 7.24. The van der Waals surface area contributed by atoms with Crippen LogP contribution in [-0.4, -0.2) is 43.2 Å². The van der Waals surface area contributed by atoms with E-state index < -0.39 is 0 Å². The number of allylic oxidation sites excluding steroid dienone is 1. The van der Waals surface area contributed by atoms with Crippen LogP contribution in [0.3, 0.4) is 0 Å². The smallest absolute Gasteiger partial charge is 0.0845 e. The van der Waals surface area contributed by atoms with E-state index in [4.69, 9.17) is 19.7 Å². The van der Waals surface area contributed by atoms with E-state index in [1.807, 2.05) is 33.8 Å². The monoisotopic (exact) mass is 222 g/mol. The predicted molar refractivity (Wildman–Crippen MR) is 62.8 cm³/mol.